The molecule has 1 aromatic carbocycles. The Balaban J connectivity index is 3.02. The smallest absolute Gasteiger partial charge is 0.405 e. The maximum atomic E-state index is 12.2. The van der Waals surface area contributed by atoms with E-state index in [1.54, 1.807) is 0 Å². The van der Waals surface area contributed by atoms with Crippen LogP contribution in [0.5, 0.6) is 5.75 Å². The summed E-state index contributed by atoms with van der Waals surface area (Å²) in [5, 5.41) is 0. The molecular formula is C8H4F4O2. The van der Waals surface area contributed by atoms with Crippen LogP contribution in [0.15, 0.2) is 24.3 Å². The molecule has 0 saturated carbocycles. The topological polar surface area (TPSA) is 26.3 Å². The van der Waals surface area contributed by atoms with E-state index >= 15 is 0 Å². The average molecular weight is 208 g/mol. The lowest BCUT2D eigenvalue weighted by Crippen LogP contribution is -2.18. The minimum Gasteiger partial charge on any atom is -0.405 e. The summed E-state index contributed by atoms with van der Waals surface area (Å²) in [7, 11) is 0. The van der Waals surface area contributed by atoms with Crippen molar-refractivity contribution in [3.63, 3.8) is 0 Å². The van der Waals surface area contributed by atoms with E-state index < -0.39 is 23.7 Å². The summed E-state index contributed by atoms with van der Waals surface area (Å²) in [6.07, 6.45) is -4.94. The third-order valence-corrected chi connectivity index (χ3v) is 1.32. The third-order valence-electron chi connectivity index (χ3n) is 1.32. The van der Waals surface area contributed by atoms with Gasteiger partial charge in [0.15, 0.2) is 0 Å². The van der Waals surface area contributed by atoms with Gasteiger partial charge in [-0.1, -0.05) is 12.1 Å². The van der Waals surface area contributed by atoms with Crippen LogP contribution in [0.2, 0.25) is 0 Å². The first kappa shape index (κ1) is 10.5. The minimum absolute atomic E-state index is 0.746. The highest BCUT2D eigenvalue weighted by Gasteiger charge is 2.32. The lowest BCUT2D eigenvalue weighted by atomic mass is 10.2. The van der Waals surface area contributed by atoms with Crippen LogP contribution in [0, 0.1) is 0 Å². The van der Waals surface area contributed by atoms with Gasteiger partial charge in [-0.25, -0.2) is 0 Å². The lowest BCUT2D eigenvalue weighted by Gasteiger charge is -2.10. The van der Waals surface area contributed by atoms with Gasteiger partial charge in [0.1, 0.15) is 5.75 Å². The molecule has 0 bridgehead atoms. The molecule has 76 valence electrons. The van der Waals surface area contributed by atoms with Crippen LogP contribution in [0.1, 0.15) is 10.4 Å². The second-order valence-electron chi connectivity index (χ2n) is 2.32. The highest BCUT2D eigenvalue weighted by molar-refractivity contribution is 5.91. The van der Waals surface area contributed by atoms with E-state index in [9.17, 15) is 22.4 Å². The summed E-state index contributed by atoms with van der Waals surface area (Å²) in [6, 6.07) is 2.23. The zero-order chi connectivity index (χ0) is 10.8. The number of carbonyl (C=O) groups excluding carboxylic acids is 1. The maximum absolute atomic E-state index is 12.2. The third kappa shape index (κ3) is 2.72. The Hall–Kier alpha value is -1.59. The molecule has 0 amide bonds. The van der Waals surface area contributed by atoms with E-state index in [1.165, 1.54) is 12.1 Å². The molecule has 0 aliphatic carbocycles. The van der Waals surface area contributed by atoms with Gasteiger partial charge in [0.05, 0.1) is 5.56 Å². The molecule has 1 aromatic rings. The summed E-state index contributed by atoms with van der Waals surface area (Å²) in [5.74, 6) is -0.840. The highest BCUT2D eigenvalue weighted by atomic mass is 19.4. The molecule has 0 aliphatic heterocycles. The predicted molar refractivity (Wildman–Crippen MR) is 38.6 cm³/mol. The number of ether oxygens (including phenoxy) is 1. The van der Waals surface area contributed by atoms with Crippen molar-refractivity contribution in [2.45, 2.75) is 6.36 Å². The normalized spacial score (nSPS) is 11.1. The van der Waals surface area contributed by atoms with Crippen molar-refractivity contribution in [2.24, 2.45) is 0 Å². The molecule has 6 heteroatoms. The Morgan fingerprint density at radius 3 is 2.29 bits per heavy atom. The first-order valence-corrected chi connectivity index (χ1v) is 3.45. The van der Waals surface area contributed by atoms with E-state index in [1.807, 2.05) is 0 Å². The number of hydrogen-bond acceptors (Lipinski definition) is 2. The lowest BCUT2D eigenvalue weighted by molar-refractivity contribution is -0.274. The van der Waals surface area contributed by atoms with Gasteiger partial charge in [-0.3, -0.25) is 4.79 Å². The van der Waals surface area contributed by atoms with Gasteiger partial charge in [-0.15, -0.1) is 13.2 Å². The van der Waals surface area contributed by atoms with Crippen molar-refractivity contribution in [1.29, 1.82) is 0 Å². The van der Waals surface area contributed by atoms with E-state index in [-0.39, 0.29) is 0 Å². The van der Waals surface area contributed by atoms with E-state index in [4.69, 9.17) is 0 Å². The molecule has 0 aliphatic rings. The number of para-hydroxylation sites is 1. The molecular weight excluding hydrogens is 204 g/mol. The quantitative estimate of drug-likeness (QED) is 0.551. The maximum Gasteiger partial charge on any atom is 0.573 e. The first-order valence-electron chi connectivity index (χ1n) is 3.45. The largest absolute Gasteiger partial charge is 0.573 e. The van der Waals surface area contributed by atoms with Gasteiger partial charge in [0, 0.05) is 0 Å². The molecule has 0 fully saturated rings. The summed E-state index contributed by atoms with van der Waals surface area (Å²) >= 11 is 0. The SMILES string of the molecule is O=C(F)c1ccccc1OC(F)(F)F. The van der Waals surface area contributed by atoms with E-state index in [2.05, 4.69) is 4.74 Å². The predicted octanol–water partition coefficient (Wildman–Crippen LogP) is 2.69. The van der Waals surface area contributed by atoms with Crippen molar-refractivity contribution >= 4 is 6.04 Å². The van der Waals surface area contributed by atoms with Crippen LogP contribution < -0.4 is 4.74 Å². The van der Waals surface area contributed by atoms with Crippen molar-refractivity contribution < 1.29 is 27.1 Å². The molecule has 14 heavy (non-hydrogen) atoms. The molecule has 0 N–H and O–H groups in total. The fourth-order valence-corrected chi connectivity index (χ4v) is 0.843. The van der Waals surface area contributed by atoms with Crippen molar-refractivity contribution in [3.05, 3.63) is 29.8 Å². The zero-order valence-corrected chi connectivity index (χ0v) is 6.64. The first-order chi connectivity index (χ1) is 6.40. The Kier molecular flexibility index (Phi) is 2.73. The van der Waals surface area contributed by atoms with Crippen LogP contribution in [0.3, 0.4) is 0 Å². The number of hydrogen-bond donors (Lipinski definition) is 0. The van der Waals surface area contributed by atoms with Crippen molar-refractivity contribution in [2.75, 3.05) is 0 Å². The van der Waals surface area contributed by atoms with Crippen LogP contribution in [0.4, 0.5) is 17.6 Å². The minimum atomic E-state index is -4.94. The van der Waals surface area contributed by atoms with E-state index in [0.717, 1.165) is 12.1 Å². The second-order valence-corrected chi connectivity index (χ2v) is 2.32. The number of carbonyl (C=O) groups is 1. The van der Waals surface area contributed by atoms with Crippen LogP contribution >= 0.6 is 0 Å². The zero-order valence-electron chi connectivity index (χ0n) is 6.64. The molecule has 0 heterocycles. The summed E-state index contributed by atoms with van der Waals surface area (Å²) in [5.41, 5.74) is -0.746. The highest BCUT2D eigenvalue weighted by Crippen LogP contribution is 2.26. The number of benzene rings is 1. The van der Waals surface area contributed by atoms with Gasteiger partial charge in [-0.05, 0) is 12.1 Å². The molecule has 2 nitrogen and oxygen atoms in total. The Morgan fingerprint density at radius 2 is 1.79 bits per heavy atom. The second kappa shape index (κ2) is 3.65. The van der Waals surface area contributed by atoms with Crippen LogP contribution in [-0.4, -0.2) is 12.4 Å². The van der Waals surface area contributed by atoms with Gasteiger partial charge in [0.2, 0.25) is 0 Å². The summed E-state index contributed by atoms with van der Waals surface area (Å²) < 4.78 is 50.8. The fourth-order valence-electron chi connectivity index (χ4n) is 0.843. The van der Waals surface area contributed by atoms with Gasteiger partial charge in [0.25, 0.3) is 0 Å². The van der Waals surface area contributed by atoms with Crippen LogP contribution in [0.25, 0.3) is 0 Å². The van der Waals surface area contributed by atoms with Crippen molar-refractivity contribution in [3.8, 4) is 5.75 Å². The van der Waals surface area contributed by atoms with E-state index in [0.29, 0.717) is 0 Å². The van der Waals surface area contributed by atoms with Crippen LogP contribution in [-0.2, 0) is 0 Å². The standard InChI is InChI=1S/C8H4F4O2/c9-7(13)5-3-1-2-4-6(5)14-8(10,11)12/h1-4H. The Morgan fingerprint density at radius 1 is 1.21 bits per heavy atom. The average Bonchev–Trinajstić information content (AvgIpc) is 2.01. The number of halogens is 4. The summed E-state index contributed by atoms with van der Waals surface area (Å²) in [6.45, 7) is 0. The molecule has 1 rings (SSSR count). The van der Waals surface area contributed by atoms with Crippen molar-refractivity contribution in [1.82, 2.24) is 0 Å². The van der Waals surface area contributed by atoms with Gasteiger partial charge >= 0.3 is 12.4 Å². The van der Waals surface area contributed by atoms with Gasteiger partial charge < -0.3 is 4.74 Å². The number of alkyl halides is 3. The monoisotopic (exact) mass is 208 g/mol. The molecule has 0 unspecified atom stereocenters. The Labute approximate surface area is 76.1 Å². The molecule has 0 radical (unpaired) electrons. The van der Waals surface area contributed by atoms with Gasteiger partial charge in [-0.2, -0.15) is 4.39 Å². The fraction of sp³-hybridized carbons (Fsp3) is 0.125. The Bertz CT molecular complexity index is 345. The molecule has 0 spiro atoms. The molecule has 0 aromatic heterocycles. The molecule has 0 saturated heterocycles. The molecule has 0 atom stereocenters. The number of rotatable bonds is 2. The summed E-state index contributed by atoms with van der Waals surface area (Å²) in [4.78, 5) is 10.2.